The predicted octanol–water partition coefficient (Wildman–Crippen LogP) is 12.4. The van der Waals surface area contributed by atoms with Crippen molar-refractivity contribution >= 4 is 94.2 Å². The molecular weight excluding hydrogens is 791 g/mol. The summed E-state index contributed by atoms with van der Waals surface area (Å²) in [6.45, 7) is 0. The summed E-state index contributed by atoms with van der Waals surface area (Å²) in [7, 11) is -3.00. The Balaban J connectivity index is 1.11. The first-order valence-corrected chi connectivity index (χ1v) is 24.1. The number of hydrogen-bond donors (Lipinski definition) is 0. The summed E-state index contributed by atoms with van der Waals surface area (Å²) in [6, 6.07) is 92.4. The molecule has 0 fully saturated rings. The van der Waals surface area contributed by atoms with E-state index < -0.39 is 8.07 Å². The van der Waals surface area contributed by atoms with Crippen LogP contribution in [0.25, 0.3) is 82.5 Å². The molecule has 3 nitrogen and oxygen atoms in total. The molecular formula is C60H41N3Si. The van der Waals surface area contributed by atoms with E-state index in [-0.39, 0.29) is 0 Å². The summed E-state index contributed by atoms with van der Waals surface area (Å²) < 4.78 is 7.35. The summed E-state index contributed by atoms with van der Waals surface area (Å²) in [5.74, 6) is 0. The van der Waals surface area contributed by atoms with Crippen molar-refractivity contribution in [3.05, 3.63) is 249 Å². The quantitative estimate of drug-likeness (QED) is 0.112. The molecule has 0 atom stereocenters. The van der Waals surface area contributed by atoms with Gasteiger partial charge in [-0.2, -0.15) is 0 Å². The predicted molar refractivity (Wildman–Crippen MR) is 273 cm³/mol. The van der Waals surface area contributed by atoms with Gasteiger partial charge >= 0.3 is 0 Å². The second-order valence-electron chi connectivity index (χ2n) is 16.9. The highest BCUT2D eigenvalue weighted by molar-refractivity contribution is 7.20. The molecule has 0 saturated heterocycles. The fourth-order valence-electron chi connectivity index (χ4n) is 10.9. The maximum Gasteiger partial charge on any atom is 0.179 e. The largest absolute Gasteiger partial charge is 0.309 e. The van der Waals surface area contributed by atoms with Crippen molar-refractivity contribution in [3.63, 3.8) is 0 Å². The molecule has 10 aromatic carbocycles. The first kappa shape index (κ1) is 36.5. The number of fused-ring (bicyclic) bond motifs is 9. The van der Waals surface area contributed by atoms with Crippen molar-refractivity contribution < 1.29 is 0 Å². The molecule has 0 aliphatic carbocycles. The third kappa shape index (κ3) is 5.33. The lowest BCUT2D eigenvalue weighted by atomic mass is 10.1. The average Bonchev–Trinajstić information content (AvgIpc) is 4.00. The highest BCUT2D eigenvalue weighted by atomic mass is 28.3. The highest BCUT2D eigenvalue weighted by Gasteiger charge is 2.42. The van der Waals surface area contributed by atoms with E-state index >= 15 is 0 Å². The number of hydrogen-bond acceptors (Lipinski definition) is 0. The molecule has 13 aromatic rings. The molecule has 0 unspecified atom stereocenters. The van der Waals surface area contributed by atoms with Crippen LogP contribution in [0, 0.1) is 0 Å². The van der Waals surface area contributed by atoms with Crippen LogP contribution in [0.15, 0.2) is 249 Å². The van der Waals surface area contributed by atoms with Crippen LogP contribution in [0.2, 0.25) is 0 Å². The number of rotatable bonds is 7. The first-order valence-electron chi connectivity index (χ1n) is 22.1. The zero-order valence-corrected chi connectivity index (χ0v) is 36.0. The summed E-state index contributed by atoms with van der Waals surface area (Å²) >= 11 is 0. The Morgan fingerprint density at radius 3 is 1.08 bits per heavy atom. The Hall–Kier alpha value is -8.18. The van der Waals surface area contributed by atoms with Crippen LogP contribution in [0.4, 0.5) is 0 Å². The lowest BCUT2D eigenvalue weighted by molar-refractivity contribution is 1.17. The van der Waals surface area contributed by atoms with E-state index in [1.165, 1.54) is 86.2 Å². The lowest BCUT2D eigenvalue weighted by Gasteiger charge is -2.35. The normalized spacial score (nSPS) is 12.1. The lowest BCUT2D eigenvalue weighted by Crippen LogP contribution is -2.74. The summed E-state index contributed by atoms with van der Waals surface area (Å²) in [5, 5.41) is 12.9. The molecule has 0 bridgehead atoms. The van der Waals surface area contributed by atoms with Crippen molar-refractivity contribution in [2.75, 3.05) is 0 Å². The fraction of sp³-hybridized carbons (Fsp3) is 0. The molecule has 3 aromatic heterocycles. The Bertz CT molecular complexity index is 3840. The summed E-state index contributed by atoms with van der Waals surface area (Å²) in [6.07, 6.45) is 0. The van der Waals surface area contributed by atoms with Crippen LogP contribution in [-0.2, 0) is 0 Å². The molecule has 0 spiro atoms. The minimum Gasteiger partial charge on any atom is -0.309 e. The molecule has 0 N–H and O–H groups in total. The van der Waals surface area contributed by atoms with Crippen LogP contribution in [0.1, 0.15) is 0 Å². The van der Waals surface area contributed by atoms with Gasteiger partial charge in [-0.15, -0.1) is 0 Å². The third-order valence-corrected chi connectivity index (χ3v) is 18.3. The summed E-state index contributed by atoms with van der Waals surface area (Å²) in [4.78, 5) is 0. The average molecular weight is 832 g/mol. The molecule has 0 aliphatic rings. The van der Waals surface area contributed by atoms with Crippen molar-refractivity contribution in [2.24, 2.45) is 0 Å². The zero-order valence-electron chi connectivity index (χ0n) is 35.0. The number of nitrogens with zero attached hydrogens (tertiary/aromatic N) is 3. The van der Waals surface area contributed by atoms with Crippen LogP contribution in [0.5, 0.6) is 0 Å². The Morgan fingerprint density at radius 2 is 0.562 bits per heavy atom. The van der Waals surface area contributed by atoms with Crippen LogP contribution in [0.3, 0.4) is 0 Å². The molecule has 0 saturated carbocycles. The standard InChI is InChI=1S/C60H41N3Si/c1-5-20-42(21-6-1)61-55-33-16-13-30-49(55)52-39-48(36-37-58(52)61)64(45-25-9-3-10-26-45,46-27-11-4-12-28-46)47-29-19-24-44(38-47)63-57-35-18-15-32-51(57)54-40-53-50-31-14-17-34-56(50)62(59(53)41-60(54)63)43-22-7-2-8-23-43/h1-41H. The van der Waals surface area contributed by atoms with Crippen LogP contribution in [-0.4, -0.2) is 21.8 Å². The highest BCUT2D eigenvalue weighted by Crippen LogP contribution is 2.40. The van der Waals surface area contributed by atoms with Gasteiger partial charge in [-0.3, -0.25) is 0 Å². The van der Waals surface area contributed by atoms with E-state index in [9.17, 15) is 0 Å². The Morgan fingerprint density at radius 1 is 0.203 bits per heavy atom. The molecule has 3 heterocycles. The second-order valence-corrected chi connectivity index (χ2v) is 20.7. The van der Waals surface area contributed by atoms with E-state index in [0.717, 1.165) is 17.1 Å². The first-order chi connectivity index (χ1) is 31.8. The third-order valence-electron chi connectivity index (χ3n) is 13.6. The Kier molecular flexibility index (Phi) is 8.23. The van der Waals surface area contributed by atoms with Gasteiger partial charge < -0.3 is 13.7 Å². The van der Waals surface area contributed by atoms with Crippen molar-refractivity contribution in [3.8, 4) is 17.1 Å². The van der Waals surface area contributed by atoms with Gasteiger partial charge in [0.1, 0.15) is 0 Å². The van der Waals surface area contributed by atoms with E-state index in [1.807, 2.05) is 0 Å². The molecule has 0 radical (unpaired) electrons. The van der Waals surface area contributed by atoms with E-state index in [1.54, 1.807) is 0 Å². The van der Waals surface area contributed by atoms with E-state index in [2.05, 4.69) is 262 Å². The van der Waals surface area contributed by atoms with Crippen molar-refractivity contribution in [2.45, 2.75) is 0 Å². The maximum absolute atomic E-state index is 3.00. The minimum atomic E-state index is -3.00. The maximum atomic E-state index is 2.52. The van der Waals surface area contributed by atoms with Gasteiger partial charge in [0.25, 0.3) is 0 Å². The van der Waals surface area contributed by atoms with Crippen LogP contribution < -0.4 is 20.7 Å². The summed E-state index contributed by atoms with van der Waals surface area (Å²) in [5.41, 5.74) is 10.7. The topological polar surface area (TPSA) is 14.8 Å². The van der Waals surface area contributed by atoms with Gasteiger partial charge in [0.05, 0.1) is 33.1 Å². The number of benzene rings is 10. The molecule has 0 aliphatic heterocycles. The number of aromatic nitrogens is 3. The van der Waals surface area contributed by atoms with Crippen LogP contribution >= 0.6 is 0 Å². The smallest absolute Gasteiger partial charge is 0.179 e. The van der Waals surface area contributed by atoms with Gasteiger partial charge in [-0.25, -0.2) is 0 Å². The Labute approximate surface area is 372 Å². The van der Waals surface area contributed by atoms with Crippen molar-refractivity contribution in [1.82, 2.24) is 13.7 Å². The van der Waals surface area contributed by atoms with Crippen molar-refractivity contribution in [1.29, 1.82) is 0 Å². The molecule has 4 heteroatoms. The fourth-order valence-corrected chi connectivity index (χ4v) is 15.7. The van der Waals surface area contributed by atoms with Gasteiger partial charge in [0, 0.05) is 49.4 Å². The van der Waals surface area contributed by atoms with Gasteiger partial charge in [-0.05, 0) is 93.5 Å². The van der Waals surface area contributed by atoms with Gasteiger partial charge in [-0.1, -0.05) is 176 Å². The van der Waals surface area contributed by atoms with Gasteiger partial charge in [0.2, 0.25) is 0 Å². The number of para-hydroxylation sites is 5. The molecule has 0 amide bonds. The molecule has 300 valence electrons. The second kappa shape index (κ2) is 14.5. The molecule has 13 rings (SSSR count). The molecule has 64 heavy (non-hydrogen) atoms. The van der Waals surface area contributed by atoms with E-state index in [4.69, 9.17) is 0 Å². The van der Waals surface area contributed by atoms with E-state index in [0.29, 0.717) is 0 Å². The SMILES string of the molecule is c1ccc(-n2c3ccccc3c3cc([Si](c4ccccc4)(c4ccccc4)c4cccc(-n5c6ccccc6c6cc7c8ccccc8n(-c8ccccc8)c7cc65)c4)ccc32)cc1. The van der Waals surface area contributed by atoms with Gasteiger partial charge in [0.15, 0.2) is 8.07 Å². The minimum absolute atomic E-state index is 1.15. The zero-order chi connectivity index (χ0) is 42.2. The monoisotopic (exact) mass is 831 g/mol.